The van der Waals surface area contributed by atoms with E-state index in [1.165, 1.54) is 51.4 Å². The molecule has 0 heterocycles. The molecule has 0 fully saturated rings. The molecule has 0 saturated heterocycles. The Labute approximate surface area is 109 Å². The van der Waals surface area contributed by atoms with Gasteiger partial charge in [0, 0.05) is 11.9 Å². The Morgan fingerprint density at radius 3 is 1.36 bits per heavy atom. The van der Waals surface area contributed by atoms with Gasteiger partial charge in [-0.15, -0.1) is 0 Å². The van der Waals surface area contributed by atoms with E-state index in [1.54, 1.807) is 0 Å². The van der Waals surface area contributed by atoms with Crippen LogP contribution >= 0.6 is 15.9 Å². The fraction of sp³-hybridized carbons (Fsp3) is 1.00. The number of hydrogen-bond acceptors (Lipinski definition) is 1. The first kappa shape index (κ1) is 17.4. The predicted molar refractivity (Wildman–Crippen MR) is 69.6 cm³/mol. The molecule has 0 aliphatic rings. The summed E-state index contributed by atoms with van der Waals surface area (Å²) < 4.78 is 0. The van der Waals surface area contributed by atoms with Crippen molar-refractivity contribution in [1.29, 1.82) is 0 Å². The number of unbranched alkanes of at least 4 members (excludes halogenated alkanes) is 8. The van der Waals surface area contributed by atoms with Crippen LogP contribution in [0, 0.1) is 0 Å². The molecular weight excluding hydrogens is 235 g/mol. The summed E-state index contributed by atoms with van der Waals surface area (Å²) in [7, 11) is 0. The standard InChI is InChI=1S/C11H23BrO.Li.H/c12-10-8-6-4-2-1-3-5-7-9-11-13;;/h13H,1-11H2;;. The molecule has 0 bridgehead atoms. The quantitative estimate of drug-likeness (QED) is 0.363. The summed E-state index contributed by atoms with van der Waals surface area (Å²) in [6, 6.07) is 0. The first-order valence-corrected chi connectivity index (χ1v) is 6.70. The van der Waals surface area contributed by atoms with Gasteiger partial charge < -0.3 is 5.11 Å². The predicted octanol–water partition coefficient (Wildman–Crippen LogP) is 3.24. The van der Waals surface area contributed by atoms with Gasteiger partial charge in [-0.3, -0.25) is 0 Å². The number of rotatable bonds is 10. The van der Waals surface area contributed by atoms with Gasteiger partial charge in [0.15, 0.2) is 0 Å². The van der Waals surface area contributed by atoms with Crippen molar-refractivity contribution >= 4 is 34.8 Å². The Kier molecular flexibility index (Phi) is 20.5. The van der Waals surface area contributed by atoms with E-state index < -0.39 is 0 Å². The fourth-order valence-electron chi connectivity index (χ4n) is 1.44. The minimum absolute atomic E-state index is 0. The third kappa shape index (κ3) is 15.5. The molecule has 0 rings (SSSR count). The normalized spacial score (nSPS) is 9.86. The summed E-state index contributed by atoms with van der Waals surface area (Å²) >= 11 is 3.44. The van der Waals surface area contributed by atoms with Crippen molar-refractivity contribution in [2.24, 2.45) is 0 Å². The Bertz CT molecular complexity index is 81.4. The summed E-state index contributed by atoms with van der Waals surface area (Å²) in [5.74, 6) is 0. The van der Waals surface area contributed by atoms with Crippen LogP contribution in [-0.2, 0) is 0 Å². The van der Waals surface area contributed by atoms with E-state index in [0.29, 0.717) is 6.61 Å². The van der Waals surface area contributed by atoms with Crippen molar-refractivity contribution in [2.75, 3.05) is 11.9 Å². The Balaban J connectivity index is 0. The van der Waals surface area contributed by atoms with Gasteiger partial charge in [0.25, 0.3) is 0 Å². The van der Waals surface area contributed by atoms with E-state index >= 15 is 0 Å². The van der Waals surface area contributed by atoms with E-state index in [-0.39, 0.29) is 18.9 Å². The molecule has 1 nitrogen and oxygen atoms in total. The number of halogens is 1. The molecule has 1 N–H and O–H groups in total. The topological polar surface area (TPSA) is 20.2 Å². The van der Waals surface area contributed by atoms with E-state index in [4.69, 9.17) is 5.11 Å². The third-order valence-electron chi connectivity index (χ3n) is 2.29. The number of aliphatic hydroxyl groups is 1. The van der Waals surface area contributed by atoms with Crippen LogP contribution in [0.5, 0.6) is 0 Å². The number of aliphatic hydroxyl groups excluding tert-OH is 1. The zero-order valence-electron chi connectivity index (χ0n) is 8.60. The molecule has 3 heteroatoms. The SMILES string of the molecule is OCCCCCCCCCCCBr.[LiH]. The van der Waals surface area contributed by atoms with E-state index in [1.807, 2.05) is 0 Å². The van der Waals surface area contributed by atoms with Gasteiger partial charge in [-0.25, -0.2) is 0 Å². The fourth-order valence-corrected chi connectivity index (χ4v) is 1.84. The number of alkyl halides is 1. The van der Waals surface area contributed by atoms with Crippen LogP contribution in [0.4, 0.5) is 0 Å². The minimum atomic E-state index is 0. The Morgan fingerprint density at radius 1 is 0.643 bits per heavy atom. The van der Waals surface area contributed by atoms with E-state index in [9.17, 15) is 0 Å². The van der Waals surface area contributed by atoms with Crippen LogP contribution in [0.2, 0.25) is 0 Å². The van der Waals surface area contributed by atoms with Gasteiger partial charge in [-0.1, -0.05) is 60.9 Å². The zero-order valence-corrected chi connectivity index (χ0v) is 10.2. The molecule has 0 amide bonds. The monoisotopic (exact) mass is 258 g/mol. The van der Waals surface area contributed by atoms with Gasteiger partial charge in [0.1, 0.15) is 0 Å². The molecule has 0 radical (unpaired) electrons. The molecular formula is C11H24BrLiO. The second-order valence-corrected chi connectivity index (χ2v) is 4.39. The summed E-state index contributed by atoms with van der Waals surface area (Å²) in [4.78, 5) is 0. The van der Waals surface area contributed by atoms with Gasteiger partial charge in [0.2, 0.25) is 0 Å². The second kappa shape index (κ2) is 16.5. The third-order valence-corrected chi connectivity index (χ3v) is 2.85. The van der Waals surface area contributed by atoms with Crippen LogP contribution < -0.4 is 0 Å². The molecule has 0 aromatic heterocycles. The first-order valence-electron chi connectivity index (χ1n) is 5.58. The average Bonchev–Trinajstić information content (AvgIpc) is 2.16. The van der Waals surface area contributed by atoms with Gasteiger partial charge in [-0.05, 0) is 12.8 Å². The van der Waals surface area contributed by atoms with Gasteiger partial charge in [-0.2, -0.15) is 0 Å². The maximum absolute atomic E-state index is 8.56. The molecule has 14 heavy (non-hydrogen) atoms. The van der Waals surface area contributed by atoms with Crippen molar-refractivity contribution in [3.05, 3.63) is 0 Å². The van der Waals surface area contributed by atoms with E-state index in [2.05, 4.69) is 15.9 Å². The molecule has 0 spiro atoms. The van der Waals surface area contributed by atoms with Crippen molar-refractivity contribution in [2.45, 2.75) is 57.8 Å². The molecule has 0 aliphatic heterocycles. The maximum atomic E-state index is 8.56. The molecule has 82 valence electrons. The van der Waals surface area contributed by atoms with Gasteiger partial charge >= 0.3 is 18.9 Å². The summed E-state index contributed by atoms with van der Waals surface area (Å²) in [5, 5.41) is 9.72. The zero-order chi connectivity index (χ0) is 9.78. The average molecular weight is 259 g/mol. The molecule has 0 saturated carbocycles. The van der Waals surface area contributed by atoms with Crippen molar-refractivity contribution in [3.63, 3.8) is 0 Å². The van der Waals surface area contributed by atoms with Crippen molar-refractivity contribution in [1.82, 2.24) is 0 Å². The molecule has 0 atom stereocenters. The molecule has 0 unspecified atom stereocenters. The van der Waals surface area contributed by atoms with Crippen LogP contribution in [0.15, 0.2) is 0 Å². The molecule has 0 aromatic rings. The van der Waals surface area contributed by atoms with Crippen LogP contribution in [0.3, 0.4) is 0 Å². The second-order valence-electron chi connectivity index (χ2n) is 3.59. The summed E-state index contributed by atoms with van der Waals surface area (Å²) in [5.41, 5.74) is 0. The van der Waals surface area contributed by atoms with Crippen LogP contribution in [0.1, 0.15) is 57.8 Å². The Morgan fingerprint density at radius 2 is 1.00 bits per heavy atom. The van der Waals surface area contributed by atoms with Crippen LogP contribution in [-0.4, -0.2) is 35.9 Å². The van der Waals surface area contributed by atoms with Gasteiger partial charge in [0.05, 0.1) is 0 Å². The Hall–Kier alpha value is 1.04. The molecule has 0 aliphatic carbocycles. The first-order chi connectivity index (χ1) is 6.41. The number of hydrogen-bond donors (Lipinski definition) is 1. The molecule has 0 aromatic carbocycles. The van der Waals surface area contributed by atoms with Crippen molar-refractivity contribution < 1.29 is 5.11 Å². The summed E-state index contributed by atoms with van der Waals surface area (Å²) in [6.45, 7) is 0.366. The summed E-state index contributed by atoms with van der Waals surface area (Å²) in [6.07, 6.45) is 11.7. The van der Waals surface area contributed by atoms with Crippen LogP contribution in [0.25, 0.3) is 0 Å². The van der Waals surface area contributed by atoms with Crippen molar-refractivity contribution in [3.8, 4) is 0 Å². The van der Waals surface area contributed by atoms with E-state index in [0.717, 1.165) is 11.8 Å².